The van der Waals surface area contributed by atoms with Crippen molar-refractivity contribution in [3.63, 3.8) is 0 Å². The summed E-state index contributed by atoms with van der Waals surface area (Å²) in [6.07, 6.45) is 5.19. The molecule has 1 aliphatic heterocycles. The first kappa shape index (κ1) is 17.0. The fourth-order valence-electron chi connectivity index (χ4n) is 4.04. The molecule has 130 valence electrons. The smallest absolute Gasteiger partial charge is 0.225 e. The van der Waals surface area contributed by atoms with Crippen LogP contribution in [0.2, 0.25) is 0 Å². The highest BCUT2D eigenvalue weighted by Gasteiger charge is 2.35. The van der Waals surface area contributed by atoms with Gasteiger partial charge in [0.1, 0.15) is 0 Å². The minimum atomic E-state index is -0.178. The van der Waals surface area contributed by atoms with Gasteiger partial charge in [0, 0.05) is 25.0 Å². The van der Waals surface area contributed by atoms with Crippen LogP contribution in [0.4, 0.5) is 0 Å². The third-order valence-electron chi connectivity index (χ3n) is 5.52. The molecule has 4 heteroatoms. The zero-order chi connectivity index (χ0) is 17.2. The van der Waals surface area contributed by atoms with Crippen LogP contribution in [0.5, 0.6) is 0 Å². The minimum Gasteiger partial charge on any atom is -0.350 e. The summed E-state index contributed by atoms with van der Waals surface area (Å²) in [7, 11) is 0. The Morgan fingerprint density at radius 3 is 2.79 bits per heavy atom. The van der Waals surface area contributed by atoms with Gasteiger partial charge in [0.05, 0.1) is 5.92 Å². The number of hydrogen-bond acceptors (Lipinski definition) is 2. The van der Waals surface area contributed by atoms with Crippen LogP contribution >= 0.6 is 0 Å². The van der Waals surface area contributed by atoms with E-state index in [0.717, 1.165) is 38.6 Å². The van der Waals surface area contributed by atoms with Crippen LogP contribution in [-0.2, 0) is 22.4 Å². The third kappa shape index (κ3) is 3.63. The maximum atomic E-state index is 12.8. The molecule has 2 amide bonds. The van der Waals surface area contributed by atoms with E-state index in [0.29, 0.717) is 13.0 Å². The molecule has 4 nitrogen and oxygen atoms in total. The van der Waals surface area contributed by atoms with Crippen molar-refractivity contribution in [1.82, 2.24) is 10.2 Å². The molecule has 1 aromatic carbocycles. The number of nitrogens with zero attached hydrogens (tertiary/aromatic N) is 1. The summed E-state index contributed by atoms with van der Waals surface area (Å²) in [5, 5.41) is 3.31. The van der Waals surface area contributed by atoms with Gasteiger partial charge in [0.15, 0.2) is 0 Å². The summed E-state index contributed by atoms with van der Waals surface area (Å²) >= 11 is 0. The zero-order valence-corrected chi connectivity index (χ0v) is 14.8. The number of benzene rings is 1. The lowest BCUT2D eigenvalue weighted by Gasteiger charge is -2.38. The Bertz CT molecular complexity index is 628. The topological polar surface area (TPSA) is 49.4 Å². The van der Waals surface area contributed by atoms with Crippen molar-refractivity contribution in [1.29, 1.82) is 0 Å². The van der Waals surface area contributed by atoms with Gasteiger partial charge in [0.25, 0.3) is 0 Å². The predicted octanol–water partition coefficient (Wildman–Crippen LogP) is 2.70. The second-order valence-electron chi connectivity index (χ2n) is 7.53. The van der Waals surface area contributed by atoms with Crippen LogP contribution < -0.4 is 5.32 Å². The lowest BCUT2D eigenvalue weighted by molar-refractivity contribution is -0.136. The third-order valence-corrected chi connectivity index (χ3v) is 5.52. The highest BCUT2D eigenvalue weighted by Crippen LogP contribution is 2.29. The first-order valence-electron chi connectivity index (χ1n) is 9.17. The maximum absolute atomic E-state index is 12.8. The largest absolute Gasteiger partial charge is 0.350 e. The van der Waals surface area contributed by atoms with Crippen LogP contribution in [0, 0.1) is 5.92 Å². The van der Waals surface area contributed by atoms with Crippen molar-refractivity contribution < 1.29 is 9.59 Å². The average Bonchev–Trinajstić information content (AvgIpc) is 2.60. The monoisotopic (exact) mass is 328 g/mol. The maximum Gasteiger partial charge on any atom is 0.225 e. The van der Waals surface area contributed by atoms with E-state index in [1.807, 2.05) is 11.8 Å². The lowest BCUT2D eigenvalue weighted by Crippen LogP contribution is -2.54. The summed E-state index contributed by atoms with van der Waals surface area (Å²) in [5.41, 5.74) is 2.57. The molecule has 0 saturated carbocycles. The summed E-state index contributed by atoms with van der Waals surface area (Å²) in [5.74, 6) is 0.207. The van der Waals surface area contributed by atoms with E-state index in [1.54, 1.807) is 0 Å². The molecule has 1 saturated heterocycles. The predicted molar refractivity (Wildman–Crippen MR) is 94.6 cm³/mol. The summed E-state index contributed by atoms with van der Waals surface area (Å²) in [6.45, 7) is 5.40. The summed E-state index contributed by atoms with van der Waals surface area (Å²) in [4.78, 5) is 26.6. The Balaban J connectivity index is 1.63. The lowest BCUT2D eigenvalue weighted by atomic mass is 9.78. The number of hydrogen-bond donors (Lipinski definition) is 1. The Morgan fingerprint density at radius 2 is 2.04 bits per heavy atom. The van der Waals surface area contributed by atoms with E-state index in [-0.39, 0.29) is 23.3 Å². The highest BCUT2D eigenvalue weighted by atomic mass is 16.2. The van der Waals surface area contributed by atoms with Gasteiger partial charge in [-0.1, -0.05) is 31.2 Å². The molecule has 1 fully saturated rings. The molecule has 2 aliphatic rings. The van der Waals surface area contributed by atoms with Crippen LogP contribution in [0.3, 0.4) is 0 Å². The van der Waals surface area contributed by atoms with Crippen molar-refractivity contribution in [3.05, 3.63) is 35.4 Å². The quantitative estimate of drug-likeness (QED) is 0.927. The summed E-state index contributed by atoms with van der Waals surface area (Å²) in [6, 6.07) is 8.51. The van der Waals surface area contributed by atoms with Crippen LogP contribution in [0.1, 0.15) is 50.7 Å². The van der Waals surface area contributed by atoms with Crippen molar-refractivity contribution in [2.75, 3.05) is 13.1 Å². The Morgan fingerprint density at radius 1 is 1.29 bits per heavy atom. The van der Waals surface area contributed by atoms with Gasteiger partial charge >= 0.3 is 0 Å². The average molecular weight is 328 g/mol. The van der Waals surface area contributed by atoms with Gasteiger partial charge in [-0.3, -0.25) is 9.59 Å². The number of nitrogens with one attached hydrogen (secondary N) is 1. The molecule has 1 aliphatic carbocycles. The normalized spacial score (nSPS) is 26.6. The molecule has 2 unspecified atom stereocenters. The molecule has 24 heavy (non-hydrogen) atoms. The molecule has 0 radical (unpaired) electrons. The van der Waals surface area contributed by atoms with Crippen molar-refractivity contribution >= 4 is 11.8 Å². The van der Waals surface area contributed by atoms with Crippen molar-refractivity contribution in [2.45, 2.75) is 57.9 Å². The number of rotatable bonds is 3. The highest BCUT2D eigenvalue weighted by molar-refractivity contribution is 5.82. The van der Waals surface area contributed by atoms with Crippen LogP contribution in [-0.4, -0.2) is 35.3 Å². The number of aryl methyl sites for hydroxylation is 1. The van der Waals surface area contributed by atoms with Gasteiger partial charge < -0.3 is 10.2 Å². The first-order chi connectivity index (χ1) is 11.5. The van der Waals surface area contributed by atoms with Gasteiger partial charge in [0.2, 0.25) is 11.8 Å². The van der Waals surface area contributed by atoms with Crippen molar-refractivity contribution in [3.8, 4) is 0 Å². The van der Waals surface area contributed by atoms with Gasteiger partial charge in [-0.05, 0) is 50.2 Å². The Hall–Kier alpha value is -1.84. The van der Waals surface area contributed by atoms with E-state index < -0.39 is 0 Å². The summed E-state index contributed by atoms with van der Waals surface area (Å²) < 4.78 is 0. The fourth-order valence-corrected chi connectivity index (χ4v) is 4.04. The standard InChI is InChI=1S/C20H28N2O2/c1-3-18(23)22-12-6-9-17(14-22)19(24)21-20(2)11-10-15-7-4-5-8-16(15)13-20/h4-5,7-8,17H,3,6,9-14H2,1-2H3,(H,21,24). The molecule has 0 spiro atoms. The molecule has 3 rings (SSSR count). The van der Waals surface area contributed by atoms with E-state index >= 15 is 0 Å². The molecule has 1 aromatic rings. The fraction of sp³-hybridized carbons (Fsp3) is 0.600. The molecule has 1 N–H and O–H groups in total. The van der Waals surface area contributed by atoms with E-state index in [1.165, 1.54) is 11.1 Å². The number of piperidine rings is 1. The van der Waals surface area contributed by atoms with E-state index in [4.69, 9.17) is 0 Å². The van der Waals surface area contributed by atoms with Gasteiger partial charge in [-0.15, -0.1) is 0 Å². The number of carbonyl (C=O) groups is 2. The van der Waals surface area contributed by atoms with Crippen LogP contribution in [0.15, 0.2) is 24.3 Å². The van der Waals surface area contributed by atoms with E-state index in [9.17, 15) is 9.59 Å². The molecule has 0 bridgehead atoms. The molecular formula is C20H28N2O2. The van der Waals surface area contributed by atoms with E-state index in [2.05, 4.69) is 36.5 Å². The molecule has 1 heterocycles. The van der Waals surface area contributed by atoms with Crippen LogP contribution in [0.25, 0.3) is 0 Å². The Kier molecular flexibility index (Phi) is 4.93. The molecule has 0 aromatic heterocycles. The Labute approximate surface area is 144 Å². The minimum absolute atomic E-state index is 0.0664. The number of amides is 2. The molecule has 2 atom stereocenters. The second kappa shape index (κ2) is 6.96. The van der Waals surface area contributed by atoms with Crippen molar-refractivity contribution in [2.24, 2.45) is 5.92 Å². The van der Waals surface area contributed by atoms with Gasteiger partial charge in [-0.25, -0.2) is 0 Å². The second-order valence-corrected chi connectivity index (χ2v) is 7.53. The number of carbonyl (C=O) groups excluding carboxylic acids is 2. The van der Waals surface area contributed by atoms with Gasteiger partial charge in [-0.2, -0.15) is 0 Å². The molecular weight excluding hydrogens is 300 g/mol. The number of fused-ring (bicyclic) bond motifs is 1. The zero-order valence-electron chi connectivity index (χ0n) is 14.8. The number of likely N-dealkylation sites (tertiary alicyclic amines) is 1. The SMILES string of the molecule is CCC(=O)N1CCCC(C(=O)NC2(C)CCc3ccccc3C2)C1. The first-order valence-corrected chi connectivity index (χ1v) is 9.17.